The summed E-state index contributed by atoms with van der Waals surface area (Å²) in [4.78, 5) is 19.6. The molecule has 29 heavy (non-hydrogen) atoms. The summed E-state index contributed by atoms with van der Waals surface area (Å²) < 4.78 is 12.0. The van der Waals surface area contributed by atoms with Crippen LogP contribution in [0.15, 0.2) is 42.5 Å². The average Bonchev–Trinajstić information content (AvgIpc) is 3.40. The van der Waals surface area contributed by atoms with Crippen LogP contribution in [0.2, 0.25) is 0 Å². The van der Waals surface area contributed by atoms with Crippen molar-refractivity contribution < 1.29 is 14.3 Å². The molecular formula is C23H26N2O3S. The molecule has 1 aliphatic heterocycles. The van der Waals surface area contributed by atoms with Gasteiger partial charge in [0.1, 0.15) is 0 Å². The zero-order valence-electron chi connectivity index (χ0n) is 16.9. The van der Waals surface area contributed by atoms with Gasteiger partial charge in [-0.1, -0.05) is 18.2 Å². The molecule has 4 rings (SSSR count). The van der Waals surface area contributed by atoms with E-state index in [1.807, 2.05) is 41.3 Å². The molecule has 1 saturated heterocycles. The minimum atomic E-state index is 0.116. The number of amides is 1. The summed E-state index contributed by atoms with van der Waals surface area (Å²) in [6, 6.07) is 14.3. The molecule has 1 aliphatic rings. The van der Waals surface area contributed by atoms with E-state index in [-0.39, 0.29) is 11.9 Å². The Labute approximate surface area is 175 Å². The SMILES string of the molecule is COc1ccc([C@@H]2CCCN2C(=O)CCCc2nc3ccccc3s2)cc1OC. The normalized spacial score (nSPS) is 16.3. The molecule has 0 saturated carbocycles. The van der Waals surface area contributed by atoms with Crippen molar-refractivity contribution in [1.82, 2.24) is 9.88 Å². The van der Waals surface area contributed by atoms with Crippen LogP contribution in [-0.2, 0) is 11.2 Å². The minimum absolute atomic E-state index is 0.116. The van der Waals surface area contributed by atoms with E-state index in [1.165, 1.54) is 4.70 Å². The number of hydrogen-bond acceptors (Lipinski definition) is 5. The number of carbonyl (C=O) groups is 1. The van der Waals surface area contributed by atoms with Crippen LogP contribution < -0.4 is 9.47 Å². The third kappa shape index (κ3) is 4.22. The molecule has 0 N–H and O–H groups in total. The average molecular weight is 411 g/mol. The second-order valence-corrected chi connectivity index (χ2v) is 8.40. The van der Waals surface area contributed by atoms with Gasteiger partial charge < -0.3 is 14.4 Å². The van der Waals surface area contributed by atoms with Crippen molar-refractivity contribution in [2.45, 2.75) is 38.1 Å². The maximum absolute atomic E-state index is 12.9. The van der Waals surface area contributed by atoms with Crippen molar-refractivity contribution in [3.8, 4) is 11.5 Å². The fourth-order valence-electron chi connectivity index (χ4n) is 4.03. The Bertz CT molecular complexity index is 968. The van der Waals surface area contributed by atoms with Gasteiger partial charge in [0, 0.05) is 13.0 Å². The van der Waals surface area contributed by atoms with Gasteiger partial charge in [0.2, 0.25) is 5.91 Å². The first-order chi connectivity index (χ1) is 14.2. The van der Waals surface area contributed by atoms with Gasteiger partial charge >= 0.3 is 0 Å². The number of para-hydroxylation sites is 1. The second kappa shape index (κ2) is 8.82. The number of methoxy groups -OCH3 is 2. The number of hydrogen-bond donors (Lipinski definition) is 0. The highest BCUT2D eigenvalue weighted by molar-refractivity contribution is 7.18. The molecule has 0 bridgehead atoms. The van der Waals surface area contributed by atoms with Crippen LogP contribution in [0.5, 0.6) is 11.5 Å². The maximum atomic E-state index is 12.9. The van der Waals surface area contributed by atoms with E-state index in [0.29, 0.717) is 17.9 Å². The highest BCUT2D eigenvalue weighted by atomic mass is 32.1. The maximum Gasteiger partial charge on any atom is 0.223 e. The summed E-state index contributed by atoms with van der Waals surface area (Å²) in [5, 5.41) is 1.11. The molecule has 1 atom stereocenters. The zero-order valence-corrected chi connectivity index (χ0v) is 17.7. The van der Waals surface area contributed by atoms with Crippen LogP contribution in [0.1, 0.15) is 42.3 Å². The summed E-state index contributed by atoms with van der Waals surface area (Å²) in [6.45, 7) is 0.818. The van der Waals surface area contributed by atoms with E-state index in [1.54, 1.807) is 25.6 Å². The van der Waals surface area contributed by atoms with E-state index in [0.717, 1.165) is 48.3 Å². The number of ether oxygens (including phenoxy) is 2. The largest absolute Gasteiger partial charge is 0.493 e. The predicted octanol–water partition coefficient (Wildman–Crippen LogP) is 5.00. The molecule has 0 spiro atoms. The molecular weight excluding hydrogens is 384 g/mol. The Morgan fingerprint density at radius 3 is 2.79 bits per heavy atom. The Hall–Kier alpha value is -2.60. The highest BCUT2D eigenvalue weighted by Gasteiger charge is 2.30. The van der Waals surface area contributed by atoms with Gasteiger partial charge in [-0.2, -0.15) is 0 Å². The standard InChI is InChI=1S/C23H26N2O3S/c1-27-19-13-12-16(15-20(19)28-2)18-8-6-14-25(18)23(26)11-5-10-22-24-17-7-3-4-9-21(17)29-22/h3-4,7,9,12-13,15,18H,5-6,8,10-11,14H2,1-2H3/t18-/m0/s1. The van der Waals surface area contributed by atoms with Crippen molar-refractivity contribution in [2.75, 3.05) is 20.8 Å². The van der Waals surface area contributed by atoms with Gasteiger partial charge in [0.15, 0.2) is 11.5 Å². The van der Waals surface area contributed by atoms with Crippen LogP contribution in [0.25, 0.3) is 10.2 Å². The Balaban J connectivity index is 1.38. The monoisotopic (exact) mass is 410 g/mol. The van der Waals surface area contributed by atoms with Gasteiger partial charge in [-0.3, -0.25) is 4.79 Å². The van der Waals surface area contributed by atoms with E-state index < -0.39 is 0 Å². The van der Waals surface area contributed by atoms with Gasteiger partial charge in [0.25, 0.3) is 0 Å². The smallest absolute Gasteiger partial charge is 0.223 e. The zero-order chi connectivity index (χ0) is 20.2. The molecule has 152 valence electrons. The lowest BCUT2D eigenvalue weighted by Gasteiger charge is -2.26. The quantitative estimate of drug-likeness (QED) is 0.550. The summed E-state index contributed by atoms with van der Waals surface area (Å²) in [5.41, 5.74) is 2.16. The molecule has 5 nitrogen and oxygen atoms in total. The molecule has 1 fully saturated rings. The number of aryl methyl sites for hydroxylation is 1. The lowest BCUT2D eigenvalue weighted by atomic mass is 10.0. The van der Waals surface area contributed by atoms with Gasteiger partial charge in [-0.25, -0.2) is 4.98 Å². The number of likely N-dealkylation sites (tertiary alicyclic amines) is 1. The van der Waals surface area contributed by atoms with Gasteiger partial charge in [0.05, 0.1) is 35.5 Å². The number of aromatic nitrogens is 1. The molecule has 2 aromatic carbocycles. The molecule has 2 heterocycles. The summed E-state index contributed by atoms with van der Waals surface area (Å²) in [7, 11) is 3.27. The fraction of sp³-hybridized carbons (Fsp3) is 0.391. The molecule has 0 unspecified atom stereocenters. The summed E-state index contributed by atoms with van der Waals surface area (Å²) >= 11 is 1.72. The van der Waals surface area contributed by atoms with E-state index in [4.69, 9.17) is 9.47 Å². The van der Waals surface area contributed by atoms with E-state index >= 15 is 0 Å². The number of rotatable bonds is 7. The predicted molar refractivity (Wildman–Crippen MR) is 116 cm³/mol. The van der Waals surface area contributed by atoms with Crippen molar-refractivity contribution in [3.63, 3.8) is 0 Å². The van der Waals surface area contributed by atoms with Crippen molar-refractivity contribution >= 4 is 27.5 Å². The lowest BCUT2D eigenvalue weighted by Crippen LogP contribution is -2.30. The van der Waals surface area contributed by atoms with Crippen LogP contribution in [-0.4, -0.2) is 36.6 Å². The Kier molecular flexibility index (Phi) is 6.00. The third-order valence-electron chi connectivity index (χ3n) is 5.48. The molecule has 3 aromatic rings. The minimum Gasteiger partial charge on any atom is -0.493 e. The van der Waals surface area contributed by atoms with Gasteiger partial charge in [-0.05, 0) is 55.5 Å². The number of thiazole rings is 1. The highest BCUT2D eigenvalue weighted by Crippen LogP contribution is 2.37. The Morgan fingerprint density at radius 1 is 1.17 bits per heavy atom. The molecule has 6 heteroatoms. The molecule has 1 aromatic heterocycles. The number of benzene rings is 2. The summed E-state index contributed by atoms with van der Waals surface area (Å²) in [6.07, 6.45) is 4.25. The summed E-state index contributed by atoms with van der Waals surface area (Å²) in [5.74, 6) is 1.64. The lowest BCUT2D eigenvalue weighted by molar-refractivity contribution is -0.132. The first-order valence-electron chi connectivity index (χ1n) is 10.1. The molecule has 0 aliphatic carbocycles. The first kappa shape index (κ1) is 19.7. The van der Waals surface area contributed by atoms with Gasteiger partial charge in [-0.15, -0.1) is 11.3 Å². The molecule has 1 amide bonds. The van der Waals surface area contributed by atoms with Crippen LogP contribution >= 0.6 is 11.3 Å². The van der Waals surface area contributed by atoms with Crippen LogP contribution in [0.3, 0.4) is 0 Å². The second-order valence-electron chi connectivity index (χ2n) is 7.29. The van der Waals surface area contributed by atoms with Crippen LogP contribution in [0, 0.1) is 0 Å². The van der Waals surface area contributed by atoms with Crippen molar-refractivity contribution in [2.24, 2.45) is 0 Å². The third-order valence-corrected chi connectivity index (χ3v) is 6.58. The number of nitrogens with zero attached hydrogens (tertiary/aromatic N) is 2. The number of fused-ring (bicyclic) bond motifs is 1. The number of carbonyl (C=O) groups excluding carboxylic acids is 1. The van der Waals surface area contributed by atoms with E-state index in [2.05, 4.69) is 11.1 Å². The molecule has 0 radical (unpaired) electrons. The van der Waals surface area contributed by atoms with E-state index in [9.17, 15) is 4.79 Å². The first-order valence-corrected chi connectivity index (χ1v) is 10.9. The topological polar surface area (TPSA) is 51.7 Å². The Morgan fingerprint density at radius 2 is 2.00 bits per heavy atom. The van der Waals surface area contributed by atoms with Crippen molar-refractivity contribution in [3.05, 3.63) is 53.0 Å². The van der Waals surface area contributed by atoms with Crippen LogP contribution in [0.4, 0.5) is 0 Å². The van der Waals surface area contributed by atoms with Crippen molar-refractivity contribution in [1.29, 1.82) is 0 Å². The fourth-order valence-corrected chi connectivity index (χ4v) is 5.04.